The van der Waals surface area contributed by atoms with Gasteiger partial charge in [0.25, 0.3) is 0 Å². The Balaban J connectivity index is 2.31. The average Bonchev–Trinajstić information content (AvgIpc) is 2.29. The number of benzene rings is 1. The summed E-state index contributed by atoms with van der Waals surface area (Å²) in [4.78, 5) is 0. The Labute approximate surface area is 113 Å². The zero-order valence-corrected chi connectivity index (χ0v) is 10.8. The van der Waals surface area contributed by atoms with Crippen molar-refractivity contribution in [2.75, 3.05) is 19.8 Å². The highest BCUT2D eigenvalue weighted by atomic mass is 35.5. The lowest BCUT2D eigenvalue weighted by molar-refractivity contribution is -0.175. The number of halogens is 5. The van der Waals surface area contributed by atoms with Crippen molar-refractivity contribution < 1.29 is 22.6 Å². The van der Waals surface area contributed by atoms with Crippen molar-refractivity contribution in [1.29, 1.82) is 0 Å². The molecule has 0 saturated heterocycles. The highest BCUT2D eigenvalue weighted by Crippen LogP contribution is 2.26. The summed E-state index contributed by atoms with van der Waals surface area (Å²) in [5.74, 6) is 0.718. The molecule has 0 spiro atoms. The summed E-state index contributed by atoms with van der Waals surface area (Å²) in [6.07, 6.45) is -4.32. The third-order valence-corrected chi connectivity index (χ3v) is 2.51. The van der Waals surface area contributed by atoms with Crippen LogP contribution in [-0.2, 0) is 10.6 Å². The quantitative estimate of drug-likeness (QED) is 0.583. The summed E-state index contributed by atoms with van der Waals surface area (Å²) in [6, 6.07) is 4.98. The lowest BCUT2D eigenvalue weighted by Gasteiger charge is -2.10. The van der Waals surface area contributed by atoms with Crippen LogP contribution in [-0.4, -0.2) is 26.0 Å². The number of alkyl halides is 4. The van der Waals surface area contributed by atoms with Gasteiger partial charge in [-0.3, -0.25) is 0 Å². The third kappa shape index (κ3) is 5.80. The van der Waals surface area contributed by atoms with Crippen molar-refractivity contribution in [3.8, 4) is 5.75 Å². The van der Waals surface area contributed by atoms with Gasteiger partial charge < -0.3 is 9.47 Å². The second-order valence-electron chi connectivity index (χ2n) is 3.41. The second-order valence-corrected chi connectivity index (χ2v) is 4.09. The first-order valence-electron chi connectivity index (χ1n) is 5.04. The number of rotatable bonds is 6. The van der Waals surface area contributed by atoms with Crippen LogP contribution in [0.5, 0.6) is 5.75 Å². The molecule has 1 rings (SSSR count). The van der Waals surface area contributed by atoms with Crippen LogP contribution in [0, 0.1) is 0 Å². The summed E-state index contributed by atoms with van der Waals surface area (Å²) in [6.45, 7) is -1.45. The molecule has 0 aliphatic heterocycles. The molecule has 0 N–H and O–H groups in total. The molecule has 0 aromatic heterocycles. The van der Waals surface area contributed by atoms with E-state index >= 15 is 0 Å². The third-order valence-electron chi connectivity index (χ3n) is 1.90. The van der Waals surface area contributed by atoms with Crippen molar-refractivity contribution in [3.05, 3.63) is 28.8 Å². The van der Waals surface area contributed by atoms with E-state index in [9.17, 15) is 13.2 Å². The first kappa shape index (κ1) is 15.4. The molecule has 7 heteroatoms. The van der Waals surface area contributed by atoms with Crippen molar-refractivity contribution in [2.45, 2.75) is 12.1 Å². The molecule has 1 aromatic carbocycles. The Hall–Kier alpha value is -0.650. The average molecular weight is 303 g/mol. The molecule has 0 aliphatic rings. The fourth-order valence-electron chi connectivity index (χ4n) is 1.14. The van der Waals surface area contributed by atoms with Crippen LogP contribution in [0.4, 0.5) is 13.2 Å². The Morgan fingerprint density at radius 3 is 2.44 bits per heavy atom. The van der Waals surface area contributed by atoms with Crippen LogP contribution in [0.25, 0.3) is 0 Å². The van der Waals surface area contributed by atoms with Gasteiger partial charge in [-0.2, -0.15) is 13.2 Å². The minimum absolute atomic E-state index is 0.00395. The molecule has 0 radical (unpaired) electrons. The van der Waals surface area contributed by atoms with E-state index in [0.717, 1.165) is 5.56 Å². The molecule has 1 aromatic rings. The van der Waals surface area contributed by atoms with Crippen LogP contribution in [0.3, 0.4) is 0 Å². The molecule has 102 valence electrons. The van der Waals surface area contributed by atoms with E-state index in [1.165, 1.54) is 0 Å². The lowest BCUT2D eigenvalue weighted by atomic mass is 10.2. The summed E-state index contributed by atoms with van der Waals surface area (Å²) in [7, 11) is 0. The second kappa shape index (κ2) is 7.07. The van der Waals surface area contributed by atoms with Gasteiger partial charge in [0.15, 0.2) is 0 Å². The van der Waals surface area contributed by atoms with Crippen LogP contribution in [0.1, 0.15) is 5.56 Å². The van der Waals surface area contributed by atoms with Crippen LogP contribution in [0.15, 0.2) is 18.2 Å². The standard InChI is InChI=1S/C11H11Cl2F3O2/c12-6-8-1-2-10(9(13)5-8)18-4-3-17-7-11(14,15)16/h1-2,5H,3-4,6-7H2. The van der Waals surface area contributed by atoms with E-state index in [-0.39, 0.29) is 13.2 Å². The van der Waals surface area contributed by atoms with E-state index in [4.69, 9.17) is 27.9 Å². The minimum atomic E-state index is -4.32. The summed E-state index contributed by atoms with van der Waals surface area (Å²) in [5, 5.41) is 0.365. The zero-order chi connectivity index (χ0) is 13.6. The molecule has 0 unspecified atom stereocenters. The van der Waals surface area contributed by atoms with E-state index in [1.807, 2.05) is 0 Å². The van der Waals surface area contributed by atoms with E-state index in [1.54, 1.807) is 18.2 Å². The van der Waals surface area contributed by atoms with Gasteiger partial charge in [0.1, 0.15) is 19.0 Å². The molecule has 0 atom stereocenters. The molecule has 2 nitrogen and oxygen atoms in total. The van der Waals surface area contributed by atoms with Crippen LogP contribution >= 0.6 is 23.2 Å². The fourth-order valence-corrected chi connectivity index (χ4v) is 1.57. The molecular formula is C11H11Cl2F3O2. The fraction of sp³-hybridized carbons (Fsp3) is 0.455. The van der Waals surface area contributed by atoms with E-state index < -0.39 is 12.8 Å². The summed E-state index contributed by atoms with van der Waals surface area (Å²) >= 11 is 11.5. The van der Waals surface area contributed by atoms with Gasteiger partial charge in [0.05, 0.1) is 11.6 Å². The maximum Gasteiger partial charge on any atom is 0.411 e. The molecule has 0 heterocycles. The maximum atomic E-state index is 11.8. The lowest BCUT2D eigenvalue weighted by Crippen LogP contribution is -2.19. The Kier molecular flexibility index (Phi) is 6.05. The number of ether oxygens (including phenoxy) is 2. The van der Waals surface area contributed by atoms with Gasteiger partial charge in [-0.15, -0.1) is 11.6 Å². The van der Waals surface area contributed by atoms with Crippen molar-refractivity contribution >= 4 is 23.2 Å². The van der Waals surface area contributed by atoms with Crippen LogP contribution in [0.2, 0.25) is 5.02 Å². The summed E-state index contributed by atoms with van der Waals surface area (Å²) in [5.41, 5.74) is 0.835. The molecule has 0 bridgehead atoms. The Bertz CT molecular complexity index is 383. The molecular weight excluding hydrogens is 292 g/mol. The number of hydrogen-bond acceptors (Lipinski definition) is 2. The topological polar surface area (TPSA) is 18.5 Å². The van der Waals surface area contributed by atoms with Crippen molar-refractivity contribution in [1.82, 2.24) is 0 Å². The Morgan fingerprint density at radius 1 is 1.17 bits per heavy atom. The zero-order valence-electron chi connectivity index (χ0n) is 9.27. The van der Waals surface area contributed by atoms with Crippen molar-refractivity contribution in [3.63, 3.8) is 0 Å². The molecule has 18 heavy (non-hydrogen) atoms. The van der Waals surface area contributed by atoms with Gasteiger partial charge in [-0.1, -0.05) is 17.7 Å². The predicted octanol–water partition coefficient (Wildman–Crippen LogP) is 4.04. The van der Waals surface area contributed by atoms with Crippen LogP contribution < -0.4 is 4.74 Å². The highest BCUT2D eigenvalue weighted by Gasteiger charge is 2.27. The maximum absolute atomic E-state index is 11.8. The smallest absolute Gasteiger partial charge is 0.411 e. The normalized spacial score (nSPS) is 11.6. The van der Waals surface area contributed by atoms with Gasteiger partial charge in [0.2, 0.25) is 0 Å². The van der Waals surface area contributed by atoms with Crippen molar-refractivity contribution in [2.24, 2.45) is 0 Å². The van der Waals surface area contributed by atoms with Gasteiger partial charge in [0, 0.05) is 5.88 Å². The van der Waals surface area contributed by atoms with Gasteiger partial charge in [-0.25, -0.2) is 0 Å². The largest absolute Gasteiger partial charge is 0.490 e. The minimum Gasteiger partial charge on any atom is -0.490 e. The highest BCUT2D eigenvalue weighted by molar-refractivity contribution is 6.32. The summed E-state index contributed by atoms with van der Waals surface area (Å²) < 4.78 is 44.8. The molecule has 0 fully saturated rings. The first-order valence-corrected chi connectivity index (χ1v) is 5.95. The molecule has 0 amide bonds. The van der Waals surface area contributed by atoms with Gasteiger partial charge in [-0.05, 0) is 17.7 Å². The monoisotopic (exact) mass is 302 g/mol. The molecule has 0 saturated carbocycles. The first-order chi connectivity index (χ1) is 8.42. The van der Waals surface area contributed by atoms with E-state index in [0.29, 0.717) is 16.7 Å². The Morgan fingerprint density at radius 2 is 1.89 bits per heavy atom. The predicted molar refractivity (Wildman–Crippen MR) is 63.4 cm³/mol. The van der Waals surface area contributed by atoms with E-state index in [2.05, 4.69) is 4.74 Å². The number of hydrogen-bond donors (Lipinski definition) is 0. The molecule has 0 aliphatic carbocycles. The van der Waals surface area contributed by atoms with Gasteiger partial charge >= 0.3 is 6.18 Å². The SMILES string of the molecule is FC(F)(F)COCCOc1ccc(CCl)cc1Cl.